The predicted octanol–water partition coefficient (Wildman–Crippen LogP) is 1.90. The molecule has 1 aromatic carbocycles. The number of rotatable bonds is 4. The Bertz CT molecular complexity index is 425. The Hall–Kier alpha value is -1.07. The normalized spacial score (nSPS) is 17.4. The zero-order valence-corrected chi connectivity index (χ0v) is 11.0. The van der Waals surface area contributed by atoms with Gasteiger partial charge in [0.1, 0.15) is 5.82 Å². The summed E-state index contributed by atoms with van der Waals surface area (Å²) in [7, 11) is 0. The third-order valence-corrected chi connectivity index (χ3v) is 3.83. The first kappa shape index (κ1) is 13.4. The monoisotopic (exact) mass is 269 g/mol. The van der Waals surface area contributed by atoms with Crippen molar-refractivity contribution in [1.29, 1.82) is 0 Å². The summed E-state index contributed by atoms with van der Waals surface area (Å²) in [5.41, 5.74) is -0.709. The number of halogens is 1. The first-order valence-corrected chi connectivity index (χ1v) is 6.83. The summed E-state index contributed by atoms with van der Waals surface area (Å²) in [6, 6.07) is 6.24. The number of benzene rings is 1. The molecule has 1 aromatic rings. The molecule has 0 unspecified atom stereocenters. The Morgan fingerprint density at radius 2 is 2.06 bits per heavy atom. The highest BCUT2D eigenvalue weighted by molar-refractivity contribution is 7.99. The molecule has 2 rings (SSSR count). The van der Waals surface area contributed by atoms with Crippen LogP contribution in [-0.4, -0.2) is 40.4 Å². The number of carbonyl (C=O) groups is 1. The number of nitrogens with zero attached hydrogens (tertiary/aromatic N) is 1. The van der Waals surface area contributed by atoms with Crippen molar-refractivity contribution in [2.75, 3.05) is 18.8 Å². The van der Waals surface area contributed by atoms with Crippen molar-refractivity contribution in [3.63, 3.8) is 0 Å². The molecule has 1 amide bonds. The van der Waals surface area contributed by atoms with Gasteiger partial charge in [-0.15, -0.1) is 11.8 Å². The number of likely N-dealkylation sites (tertiary alicyclic amines) is 1. The lowest BCUT2D eigenvalue weighted by atomic mass is 9.97. The fourth-order valence-corrected chi connectivity index (χ4v) is 2.74. The van der Waals surface area contributed by atoms with Gasteiger partial charge in [-0.25, -0.2) is 4.39 Å². The van der Waals surface area contributed by atoms with E-state index in [9.17, 15) is 14.3 Å². The number of hydrogen-bond acceptors (Lipinski definition) is 3. The van der Waals surface area contributed by atoms with Crippen LogP contribution in [0, 0.1) is 5.82 Å². The van der Waals surface area contributed by atoms with E-state index in [0.717, 1.165) is 4.90 Å². The van der Waals surface area contributed by atoms with Crippen LogP contribution in [0.3, 0.4) is 0 Å². The molecule has 0 radical (unpaired) electrons. The molecule has 0 aliphatic carbocycles. The lowest BCUT2D eigenvalue weighted by Crippen LogP contribution is -2.61. The summed E-state index contributed by atoms with van der Waals surface area (Å²) in [5.74, 6) is 0.484. The van der Waals surface area contributed by atoms with Gasteiger partial charge >= 0.3 is 0 Å². The van der Waals surface area contributed by atoms with E-state index >= 15 is 0 Å². The van der Waals surface area contributed by atoms with Crippen LogP contribution in [0.1, 0.15) is 13.3 Å². The molecule has 1 aliphatic rings. The van der Waals surface area contributed by atoms with Crippen LogP contribution in [0.25, 0.3) is 0 Å². The van der Waals surface area contributed by atoms with Crippen LogP contribution in [0.2, 0.25) is 0 Å². The summed E-state index contributed by atoms with van der Waals surface area (Å²) < 4.78 is 12.7. The van der Waals surface area contributed by atoms with Gasteiger partial charge in [0.25, 0.3) is 0 Å². The van der Waals surface area contributed by atoms with Crippen molar-refractivity contribution in [1.82, 2.24) is 4.90 Å². The second-order valence-electron chi connectivity index (χ2n) is 4.80. The zero-order chi connectivity index (χ0) is 13.2. The van der Waals surface area contributed by atoms with Gasteiger partial charge in [0.15, 0.2) is 0 Å². The summed E-state index contributed by atoms with van der Waals surface area (Å²) in [5, 5.41) is 9.53. The Kier molecular flexibility index (Phi) is 3.92. The van der Waals surface area contributed by atoms with Gasteiger partial charge in [-0.05, 0) is 31.2 Å². The summed E-state index contributed by atoms with van der Waals surface area (Å²) in [4.78, 5) is 14.3. The van der Waals surface area contributed by atoms with E-state index in [-0.39, 0.29) is 11.7 Å². The minimum atomic E-state index is -0.709. The average molecular weight is 269 g/mol. The Morgan fingerprint density at radius 3 is 2.61 bits per heavy atom. The van der Waals surface area contributed by atoms with Crippen LogP contribution in [-0.2, 0) is 4.79 Å². The SMILES string of the molecule is CC1(O)CN(C(=O)CCSc2ccc(F)cc2)C1. The summed E-state index contributed by atoms with van der Waals surface area (Å²) in [6.07, 6.45) is 0.443. The lowest BCUT2D eigenvalue weighted by Gasteiger charge is -2.44. The highest BCUT2D eigenvalue weighted by Gasteiger charge is 2.38. The minimum absolute atomic E-state index is 0.0659. The highest BCUT2D eigenvalue weighted by Crippen LogP contribution is 2.23. The highest BCUT2D eigenvalue weighted by atomic mass is 32.2. The Labute approximate surface area is 110 Å². The van der Waals surface area contributed by atoms with Gasteiger partial charge in [0, 0.05) is 17.1 Å². The molecule has 1 aliphatic heterocycles. The van der Waals surface area contributed by atoms with Crippen LogP contribution >= 0.6 is 11.8 Å². The Morgan fingerprint density at radius 1 is 1.44 bits per heavy atom. The topological polar surface area (TPSA) is 40.5 Å². The maximum absolute atomic E-state index is 12.7. The van der Waals surface area contributed by atoms with Crippen molar-refractivity contribution in [3.05, 3.63) is 30.1 Å². The van der Waals surface area contributed by atoms with Crippen LogP contribution < -0.4 is 0 Å². The molecule has 0 atom stereocenters. The third kappa shape index (κ3) is 3.46. The molecule has 98 valence electrons. The molecule has 5 heteroatoms. The quantitative estimate of drug-likeness (QED) is 0.849. The maximum Gasteiger partial charge on any atom is 0.223 e. The van der Waals surface area contributed by atoms with Gasteiger partial charge in [-0.2, -0.15) is 0 Å². The smallest absolute Gasteiger partial charge is 0.223 e. The van der Waals surface area contributed by atoms with Crippen molar-refractivity contribution < 1.29 is 14.3 Å². The number of β-amino-alcohol motifs (C(OH)–C–C–N with tert-alkyl or cyclic N) is 1. The molecule has 3 nitrogen and oxygen atoms in total. The van der Waals surface area contributed by atoms with E-state index in [0.29, 0.717) is 25.3 Å². The molecule has 1 fully saturated rings. The summed E-state index contributed by atoms with van der Waals surface area (Å²) in [6.45, 7) is 2.57. The number of carbonyl (C=O) groups excluding carboxylic acids is 1. The zero-order valence-electron chi connectivity index (χ0n) is 10.2. The predicted molar refractivity (Wildman–Crippen MR) is 68.9 cm³/mol. The van der Waals surface area contributed by atoms with Gasteiger partial charge in [-0.3, -0.25) is 4.79 Å². The average Bonchev–Trinajstić information content (AvgIpc) is 2.28. The molecule has 1 N–H and O–H groups in total. The fraction of sp³-hybridized carbons (Fsp3) is 0.462. The van der Waals surface area contributed by atoms with E-state index < -0.39 is 5.60 Å². The van der Waals surface area contributed by atoms with Crippen molar-refractivity contribution >= 4 is 17.7 Å². The molecule has 0 saturated carbocycles. The van der Waals surface area contributed by atoms with E-state index in [1.54, 1.807) is 24.0 Å². The minimum Gasteiger partial charge on any atom is -0.386 e. The molecular formula is C13H16FNO2S. The van der Waals surface area contributed by atoms with Crippen LogP contribution in [0.5, 0.6) is 0 Å². The fourth-order valence-electron chi connectivity index (χ4n) is 1.90. The van der Waals surface area contributed by atoms with E-state index in [4.69, 9.17) is 0 Å². The second kappa shape index (κ2) is 5.28. The van der Waals surface area contributed by atoms with Gasteiger partial charge in [0.2, 0.25) is 5.91 Å². The molecule has 1 saturated heterocycles. The largest absolute Gasteiger partial charge is 0.386 e. The lowest BCUT2D eigenvalue weighted by molar-refractivity contribution is -0.151. The maximum atomic E-state index is 12.7. The molecule has 0 spiro atoms. The molecule has 1 heterocycles. The van der Waals surface area contributed by atoms with Crippen molar-refractivity contribution in [2.45, 2.75) is 23.8 Å². The number of aliphatic hydroxyl groups is 1. The van der Waals surface area contributed by atoms with E-state index in [1.807, 2.05) is 0 Å². The van der Waals surface area contributed by atoms with Gasteiger partial charge in [-0.1, -0.05) is 0 Å². The number of amides is 1. The first-order chi connectivity index (χ1) is 8.46. The van der Waals surface area contributed by atoms with Gasteiger partial charge in [0.05, 0.1) is 18.7 Å². The molecule has 0 bridgehead atoms. The van der Waals surface area contributed by atoms with Crippen molar-refractivity contribution in [2.24, 2.45) is 0 Å². The first-order valence-electron chi connectivity index (χ1n) is 5.85. The molecule has 18 heavy (non-hydrogen) atoms. The van der Waals surface area contributed by atoms with E-state index in [2.05, 4.69) is 0 Å². The standard InChI is InChI=1S/C13H16FNO2S/c1-13(17)8-15(9-13)12(16)6-7-18-11-4-2-10(14)3-5-11/h2-5,17H,6-9H2,1H3. The molecule has 0 aromatic heterocycles. The van der Waals surface area contributed by atoms with Crippen LogP contribution in [0.4, 0.5) is 4.39 Å². The second-order valence-corrected chi connectivity index (χ2v) is 5.97. The Balaban J connectivity index is 1.69. The van der Waals surface area contributed by atoms with Gasteiger partial charge < -0.3 is 10.0 Å². The molecular weight excluding hydrogens is 253 g/mol. The van der Waals surface area contributed by atoms with E-state index in [1.165, 1.54) is 23.9 Å². The van der Waals surface area contributed by atoms with Crippen molar-refractivity contribution in [3.8, 4) is 0 Å². The number of hydrogen-bond donors (Lipinski definition) is 1. The third-order valence-electron chi connectivity index (χ3n) is 2.81. The summed E-state index contributed by atoms with van der Waals surface area (Å²) >= 11 is 1.53. The number of thioether (sulfide) groups is 1. The van der Waals surface area contributed by atoms with Crippen LogP contribution in [0.15, 0.2) is 29.2 Å².